The molecule has 2 rings (SSSR count). The summed E-state index contributed by atoms with van der Waals surface area (Å²) in [6.45, 7) is 4.92. The number of alkyl halides is 1. The zero-order valence-corrected chi connectivity index (χ0v) is 13.6. The van der Waals surface area contributed by atoms with E-state index in [1.165, 1.54) is 0 Å². The van der Waals surface area contributed by atoms with Gasteiger partial charge in [-0.2, -0.15) is 5.10 Å². The van der Waals surface area contributed by atoms with Crippen molar-refractivity contribution >= 4 is 34.8 Å². The molecule has 20 heavy (non-hydrogen) atoms. The molecule has 6 heteroatoms. The summed E-state index contributed by atoms with van der Waals surface area (Å²) in [6, 6.07) is 5.51. The zero-order chi connectivity index (χ0) is 14.7. The van der Waals surface area contributed by atoms with Crippen LogP contribution in [0.25, 0.3) is 0 Å². The number of hydrogen-bond donors (Lipinski definition) is 0. The number of nitrogens with zero attached hydrogens (tertiary/aromatic N) is 2. The Hall–Kier alpha value is -0.900. The van der Waals surface area contributed by atoms with Gasteiger partial charge in [0, 0.05) is 12.1 Å². The van der Waals surface area contributed by atoms with Crippen molar-refractivity contribution in [1.29, 1.82) is 0 Å². The zero-order valence-electron chi connectivity index (χ0n) is 11.3. The van der Waals surface area contributed by atoms with Gasteiger partial charge in [0.05, 0.1) is 27.3 Å². The molecule has 0 radical (unpaired) electrons. The van der Waals surface area contributed by atoms with E-state index in [2.05, 4.69) is 5.10 Å². The van der Waals surface area contributed by atoms with Crippen molar-refractivity contribution < 1.29 is 4.74 Å². The maximum atomic E-state index is 6.25. The Balaban J connectivity index is 2.25. The van der Waals surface area contributed by atoms with Gasteiger partial charge in [-0.1, -0.05) is 35.3 Å². The summed E-state index contributed by atoms with van der Waals surface area (Å²) in [6.07, 6.45) is 0. The second kappa shape index (κ2) is 6.70. The van der Waals surface area contributed by atoms with E-state index in [1.807, 2.05) is 30.7 Å². The first-order valence-corrected chi connectivity index (χ1v) is 7.55. The van der Waals surface area contributed by atoms with Crippen molar-refractivity contribution in [3.05, 3.63) is 45.2 Å². The molecule has 0 amide bonds. The minimum atomic E-state index is 0.307. The molecule has 0 spiro atoms. The highest BCUT2D eigenvalue weighted by atomic mass is 35.5. The van der Waals surface area contributed by atoms with Crippen molar-refractivity contribution in [3.8, 4) is 5.75 Å². The molecular weight excluding hydrogens is 319 g/mol. The van der Waals surface area contributed by atoms with Gasteiger partial charge in [-0.25, -0.2) is 0 Å². The van der Waals surface area contributed by atoms with E-state index in [4.69, 9.17) is 39.5 Å². The number of aryl methyl sites for hydroxylation is 2. The van der Waals surface area contributed by atoms with Crippen molar-refractivity contribution in [3.63, 3.8) is 0 Å². The molecule has 0 aliphatic carbocycles. The first-order chi connectivity index (χ1) is 9.58. The second-order valence-electron chi connectivity index (χ2n) is 4.31. The lowest BCUT2D eigenvalue weighted by Crippen LogP contribution is -2.07. The number of aromatic nitrogens is 2. The molecule has 0 bridgehead atoms. The molecule has 108 valence electrons. The number of para-hydroxylation sites is 1. The number of ether oxygens (including phenoxy) is 1. The molecular formula is C14H15Cl3N2O. The van der Waals surface area contributed by atoms with Crippen LogP contribution in [-0.2, 0) is 19.0 Å². The van der Waals surface area contributed by atoms with Gasteiger partial charge >= 0.3 is 0 Å². The lowest BCUT2D eigenvalue weighted by atomic mass is 10.2. The van der Waals surface area contributed by atoms with Crippen LogP contribution in [0.1, 0.15) is 23.9 Å². The van der Waals surface area contributed by atoms with Crippen molar-refractivity contribution in [2.45, 2.75) is 32.9 Å². The van der Waals surface area contributed by atoms with Crippen molar-refractivity contribution in [2.24, 2.45) is 0 Å². The Morgan fingerprint density at radius 3 is 2.70 bits per heavy atom. The van der Waals surface area contributed by atoms with Crippen LogP contribution in [0.2, 0.25) is 10.0 Å². The summed E-state index contributed by atoms with van der Waals surface area (Å²) in [5, 5.41) is 5.52. The van der Waals surface area contributed by atoms with Crippen LogP contribution in [0.3, 0.4) is 0 Å². The van der Waals surface area contributed by atoms with Crippen LogP contribution in [0.5, 0.6) is 5.75 Å². The summed E-state index contributed by atoms with van der Waals surface area (Å²) in [7, 11) is 0. The Kier molecular flexibility index (Phi) is 5.19. The SMILES string of the molecule is CCn1nc(C)c(Cl)c1COc1c(Cl)cccc1CCl. The molecule has 1 aromatic heterocycles. The fourth-order valence-electron chi connectivity index (χ4n) is 1.97. The van der Waals surface area contributed by atoms with E-state index in [0.717, 1.165) is 23.5 Å². The number of halogens is 3. The fourth-order valence-corrected chi connectivity index (χ4v) is 2.62. The molecule has 0 saturated carbocycles. The van der Waals surface area contributed by atoms with Gasteiger partial charge in [0.1, 0.15) is 12.4 Å². The largest absolute Gasteiger partial charge is 0.485 e. The van der Waals surface area contributed by atoms with Gasteiger partial charge in [0.25, 0.3) is 0 Å². The Bertz CT molecular complexity index is 611. The maximum absolute atomic E-state index is 6.25. The summed E-state index contributed by atoms with van der Waals surface area (Å²) in [5.41, 5.74) is 2.49. The summed E-state index contributed by atoms with van der Waals surface area (Å²) in [5.74, 6) is 0.942. The van der Waals surface area contributed by atoms with Crippen LogP contribution in [0.4, 0.5) is 0 Å². The minimum Gasteiger partial charge on any atom is -0.485 e. The van der Waals surface area contributed by atoms with E-state index in [1.54, 1.807) is 6.07 Å². The van der Waals surface area contributed by atoms with Crippen LogP contribution in [0, 0.1) is 6.92 Å². The quantitative estimate of drug-likeness (QED) is 0.732. The van der Waals surface area contributed by atoms with Gasteiger partial charge in [0.2, 0.25) is 0 Å². The number of rotatable bonds is 5. The topological polar surface area (TPSA) is 27.1 Å². The molecule has 0 atom stereocenters. The monoisotopic (exact) mass is 332 g/mol. The van der Waals surface area contributed by atoms with Crippen LogP contribution in [-0.4, -0.2) is 9.78 Å². The first kappa shape index (κ1) is 15.5. The van der Waals surface area contributed by atoms with E-state index < -0.39 is 0 Å². The Labute approximate surface area is 133 Å². The van der Waals surface area contributed by atoms with Crippen molar-refractivity contribution in [2.75, 3.05) is 0 Å². The third-order valence-electron chi connectivity index (χ3n) is 3.00. The van der Waals surface area contributed by atoms with Gasteiger partial charge in [-0.15, -0.1) is 11.6 Å². The highest BCUT2D eigenvalue weighted by Gasteiger charge is 2.15. The molecule has 0 saturated heterocycles. The Morgan fingerprint density at radius 2 is 2.05 bits per heavy atom. The van der Waals surface area contributed by atoms with E-state index in [-0.39, 0.29) is 0 Å². The van der Waals surface area contributed by atoms with E-state index >= 15 is 0 Å². The molecule has 0 fully saturated rings. The van der Waals surface area contributed by atoms with Gasteiger partial charge in [-0.05, 0) is 19.9 Å². The summed E-state index contributed by atoms with van der Waals surface area (Å²) >= 11 is 18.3. The van der Waals surface area contributed by atoms with Gasteiger partial charge < -0.3 is 4.74 Å². The molecule has 1 heterocycles. The third kappa shape index (κ3) is 3.05. The van der Waals surface area contributed by atoms with Gasteiger partial charge in [0.15, 0.2) is 0 Å². The lowest BCUT2D eigenvalue weighted by molar-refractivity contribution is 0.290. The molecule has 1 aromatic carbocycles. The predicted molar refractivity (Wildman–Crippen MR) is 83.0 cm³/mol. The predicted octanol–water partition coefficient (Wildman–Crippen LogP) is 4.84. The van der Waals surface area contributed by atoms with E-state index in [0.29, 0.717) is 28.3 Å². The average Bonchev–Trinajstić information content (AvgIpc) is 2.72. The molecule has 0 unspecified atom stereocenters. The first-order valence-electron chi connectivity index (χ1n) is 6.26. The highest BCUT2D eigenvalue weighted by Crippen LogP contribution is 2.31. The van der Waals surface area contributed by atoms with Crippen molar-refractivity contribution in [1.82, 2.24) is 9.78 Å². The summed E-state index contributed by atoms with van der Waals surface area (Å²) in [4.78, 5) is 0. The molecule has 2 aromatic rings. The smallest absolute Gasteiger partial charge is 0.142 e. The Morgan fingerprint density at radius 1 is 1.30 bits per heavy atom. The second-order valence-corrected chi connectivity index (χ2v) is 5.36. The molecule has 0 N–H and O–H groups in total. The number of hydrogen-bond acceptors (Lipinski definition) is 2. The molecule has 0 aliphatic rings. The van der Waals surface area contributed by atoms with Crippen LogP contribution >= 0.6 is 34.8 Å². The lowest BCUT2D eigenvalue weighted by Gasteiger charge is -2.12. The van der Waals surface area contributed by atoms with Crippen LogP contribution < -0.4 is 4.74 Å². The average molecular weight is 334 g/mol. The van der Waals surface area contributed by atoms with E-state index in [9.17, 15) is 0 Å². The third-order valence-corrected chi connectivity index (χ3v) is 4.08. The highest BCUT2D eigenvalue weighted by molar-refractivity contribution is 6.32. The van der Waals surface area contributed by atoms with Gasteiger partial charge in [-0.3, -0.25) is 4.68 Å². The normalized spacial score (nSPS) is 10.8. The number of benzene rings is 1. The minimum absolute atomic E-state index is 0.307. The summed E-state index contributed by atoms with van der Waals surface area (Å²) < 4.78 is 7.65. The maximum Gasteiger partial charge on any atom is 0.142 e. The van der Waals surface area contributed by atoms with Crippen LogP contribution in [0.15, 0.2) is 18.2 Å². The standard InChI is InChI=1S/C14H15Cl3N2O/c1-3-19-12(13(17)9(2)18-19)8-20-14-10(7-15)5-4-6-11(14)16/h4-6H,3,7-8H2,1-2H3. The fraction of sp³-hybridized carbons (Fsp3) is 0.357. The molecule has 3 nitrogen and oxygen atoms in total. The molecule has 0 aliphatic heterocycles.